The summed E-state index contributed by atoms with van der Waals surface area (Å²) in [5.74, 6) is 0. The van der Waals surface area contributed by atoms with E-state index in [-0.39, 0.29) is 0 Å². The van der Waals surface area contributed by atoms with Gasteiger partial charge in [-0.05, 0) is 176 Å². The molecule has 12 aromatic rings. The summed E-state index contributed by atoms with van der Waals surface area (Å²) in [5.41, 5.74) is 23.9. The molecule has 2 bridgehead atoms. The van der Waals surface area contributed by atoms with Gasteiger partial charge in [0, 0.05) is 34.1 Å². The molecule has 2 heteroatoms. The van der Waals surface area contributed by atoms with Gasteiger partial charge in [-0.25, -0.2) is 0 Å². The molecule has 0 fully saturated rings. The van der Waals surface area contributed by atoms with Crippen LogP contribution in [0.1, 0.15) is 50.1 Å². The van der Waals surface area contributed by atoms with Gasteiger partial charge in [-0.15, -0.1) is 0 Å². The summed E-state index contributed by atoms with van der Waals surface area (Å²) < 4.78 is 0. The topological polar surface area (TPSA) is 6.48 Å². The molecule has 364 valence electrons. The molecule has 3 aliphatic carbocycles. The highest BCUT2D eigenvalue weighted by molar-refractivity contribution is 5.88. The van der Waals surface area contributed by atoms with Crippen molar-refractivity contribution in [1.29, 1.82) is 0 Å². The maximum absolute atomic E-state index is 2.54. The molecule has 3 aliphatic rings. The molecule has 2 nitrogen and oxygen atoms in total. The third-order valence-electron chi connectivity index (χ3n) is 16.2. The number of aryl methyl sites for hydroxylation is 1. The monoisotopic (exact) mass is 982 g/mol. The van der Waals surface area contributed by atoms with Gasteiger partial charge in [-0.1, -0.05) is 224 Å². The van der Waals surface area contributed by atoms with Gasteiger partial charge in [-0.2, -0.15) is 0 Å². The number of anilines is 6. The van der Waals surface area contributed by atoms with E-state index in [4.69, 9.17) is 0 Å². The second kappa shape index (κ2) is 18.9. The first-order valence-electron chi connectivity index (χ1n) is 26.7. The SMILES string of the molecule is Cc1cccc(-c2ccc3c(c2)C2(c4ccc(N(c5ccccc5)c5ccccc5)cc4)c4ccccc4C3(c3ccc(N(c4ccccc4)c4ccccc4)cc3)c3cc(-c4cccc(-c5ccccc5)c4)ccc32)c1. The zero-order valence-corrected chi connectivity index (χ0v) is 42.8. The van der Waals surface area contributed by atoms with Gasteiger partial charge < -0.3 is 9.80 Å². The normalized spacial score (nSPS) is 15.7. The molecule has 12 aromatic carbocycles. The van der Waals surface area contributed by atoms with Crippen molar-refractivity contribution in [1.82, 2.24) is 0 Å². The summed E-state index contributed by atoms with van der Waals surface area (Å²) in [6.45, 7) is 2.19. The number of para-hydroxylation sites is 4. The third kappa shape index (κ3) is 7.47. The average molecular weight is 983 g/mol. The van der Waals surface area contributed by atoms with E-state index in [1.54, 1.807) is 0 Å². The smallest absolute Gasteiger partial charge is 0.0711 e. The fraction of sp³-hybridized carbons (Fsp3) is 0.0400. The van der Waals surface area contributed by atoms with Crippen molar-refractivity contribution in [3.05, 3.63) is 359 Å². The molecule has 77 heavy (non-hydrogen) atoms. The lowest BCUT2D eigenvalue weighted by Crippen LogP contribution is -2.52. The van der Waals surface area contributed by atoms with Crippen LogP contribution in [-0.4, -0.2) is 0 Å². The Morgan fingerprint density at radius 2 is 0.506 bits per heavy atom. The van der Waals surface area contributed by atoms with E-state index in [1.807, 2.05) is 0 Å². The van der Waals surface area contributed by atoms with Crippen LogP contribution in [0.3, 0.4) is 0 Å². The van der Waals surface area contributed by atoms with Gasteiger partial charge >= 0.3 is 0 Å². The van der Waals surface area contributed by atoms with Crippen LogP contribution >= 0.6 is 0 Å². The molecule has 15 rings (SSSR count). The van der Waals surface area contributed by atoms with E-state index in [0.29, 0.717) is 0 Å². The van der Waals surface area contributed by atoms with Crippen molar-refractivity contribution in [2.24, 2.45) is 0 Å². The molecule has 0 heterocycles. The Morgan fingerprint density at radius 1 is 0.208 bits per heavy atom. The molecular weight excluding hydrogens is 929 g/mol. The summed E-state index contributed by atoms with van der Waals surface area (Å²) in [4.78, 5) is 4.71. The maximum atomic E-state index is 2.54. The number of nitrogens with zero attached hydrogens (tertiary/aromatic N) is 2. The lowest BCUT2D eigenvalue weighted by atomic mass is 9.44. The number of benzene rings is 12. The lowest BCUT2D eigenvalue weighted by Gasteiger charge is -2.57. The summed E-state index contributed by atoms with van der Waals surface area (Å²) in [6, 6.07) is 115. The van der Waals surface area contributed by atoms with Gasteiger partial charge in [0.25, 0.3) is 0 Å². The Morgan fingerprint density at radius 3 is 0.909 bits per heavy atom. The van der Waals surface area contributed by atoms with Crippen LogP contribution in [-0.2, 0) is 10.8 Å². The van der Waals surface area contributed by atoms with Gasteiger partial charge in [0.1, 0.15) is 0 Å². The zero-order chi connectivity index (χ0) is 51.3. The second-order valence-electron chi connectivity index (χ2n) is 20.5. The lowest BCUT2D eigenvalue weighted by molar-refractivity contribution is 0.557. The highest BCUT2D eigenvalue weighted by Crippen LogP contribution is 2.67. The quantitative estimate of drug-likeness (QED) is 0.127. The van der Waals surface area contributed by atoms with Crippen LogP contribution in [0.15, 0.2) is 309 Å². The number of rotatable bonds is 11. The standard InChI is InChI=1S/C75H54N2/c1-53-21-19-24-55(49-53)58-37-47-70-72(51-58)74(60-39-43-66(44-40-60)76(62-27-9-3-10-28-62)63-29-11-4-12-30-63)68-35-17-18-36-69(68)75(70,61-41-45-67(46-42-61)77(64-31-13-5-14-32-64)65-33-15-6-16-34-65)73-52-59(38-48-71(73)74)57-26-20-25-56(50-57)54-22-7-2-8-23-54/h2-52H,1H3. The van der Waals surface area contributed by atoms with Crippen LogP contribution in [0.25, 0.3) is 33.4 Å². The molecule has 0 aromatic heterocycles. The van der Waals surface area contributed by atoms with Gasteiger partial charge in [-0.3, -0.25) is 0 Å². The predicted molar refractivity (Wildman–Crippen MR) is 321 cm³/mol. The first-order chi connectivity index (χ1) is 38.1. The van der Waals surface area contributed by atoms with E-state index < -0.39 is 10.8 Å². The second-order valence-corrected chi connectivity index (χ2v) is 20.5. The van der Waals surface area contributed by atoms with E-state index in [9.17, 15) is 0 Å². The van der Waals surface area contributed by atoms with Gasteiger partial charge in [0.15, 0.2) is 0 Å². The molecule has 2 atom stereocenters. The number of hydrogen-bond donors (Lipinski definition) is 0. The fourth-order valence-corrected chi connectivity index (χ4v) is 12.9. The van der Waals surface area contributed by atoms with E-state index >= 15 is 0 Å². The molecule has 0 spiro atoms. The first-order valence-corrected chi connectivity index (χ1v) is 26.7. The van der Waals surface area contributed by atoms with Gasteiger partial charge in [0.2, 0.25) is 0 Å². The maximum Gasteiger partial charge on any atom is 0.0711 e. The molecule has 0 amide bonds. The largest absolute Gasteiger partial charge is 0.311 e. The molecule has 0 N–H and O–H groups in total. The van der Waals surface area contributed by atoms with Crippen LogP contribution in [0.5, 0.6) is 0 Å². The Labute approximate surface area is 452 Å². The molecule has 0 saturated heterocycles. The minimum Gasteiger partial charge on any atom is -0.311 e. The predicted octanol–water partition coefficient (Wildman–Crippen LogP) is 19.3. The Bertz CT molecular complexity index is 4000. The van der Waals surface area contributed by atoms with Crippen molar-refractivity contribution < 1.29 is 0 Å². The summed E-state index contributed by atoms with van der Waals surface area (Å²) in [7, 11) is 0. The van der Waals surface area contributed by atoms with Gasteiger partial charge in [0.05, 0.1) is 10.8 Å². The van der Waals surface area contributed by atoms with E-state index in [1.165, 1.54) is 83.5 Å². The highest BCUT2D eigenvalue weighted by Gasteiger charge is 2.60. The zero-order valence-electron chi connectivity index (χ0n) is 42.8. The summed E-state index contributed by atoms with van der Waals surface area (Å²) in [6.07, 6.45) is 0. The van der Waals surface area contributed by atoms with Crippen LogP contribution in [0.2, 0.25) is 0 Å². The molecule has 0 aliphatic heterocycles. The Balaban J connectivity index is 1.04. The fourth-order valence-electron chi connectivity index (χ4n) is 12.9. The van der Waals surface area contributed by atoms with E-state index in [2.05, 4.69) is 326 Å². The Hall–Kier alpha value is -9.76. The number of hydrogen-bond acceptors (Lipinski definition) is 2. The van der Waals surface area contributed by atoms with Crippen molar-refractivity contribution in [3.8, 4) is 33.4 Å². The van der Waals surface area contributed by atoms with Crippen LogP contribution in [0.4, 0.5) is 34.1 Å². The van der Waals surface area contributed by atoms with Crippen molar-refractivity contribution >= 4 is 34.1 Å². The van der Waals surface area contributed by atoms with Crippen molar-refractivity contribution in [2.45, 2.75) is 17.8 Å². The molecule has 0 radical (unpaired) electrons. The highest BCUT2D eigenvalue weighted by atomic mass is 15.1. The Kier molecular flexibility index (Phi) is 11.2. The minimum absolute atomic E-state index is 0.687. The molecular formula is C75H54N2. The first kappa shape index (κ1) is 45.8. The van der Waals surface area contributed by atoms with E-state index in [0.717, 1.165) is 34.1 Å². The summed E-state index contributed by atoms with van der Waals surface area (Å²) >= 11 is 0. The summed E-state index contributed by atoms with van der Waals surface area (Å²) in [5, 5.41) is 0. The van der Waals surface area contributed by atoms with Crippen LogP contribution in [0, 0.1) is 6.92 Å². The van der Waals surface area contributed by atoms with Crippen molar-refractivity contribution in [2.75, 3.05) is 9.80 Å². The van der Waals surface area contributed by atoms with Crippen LogP contribution < -0.4 is 9.80 Å². The third-order valence-corrected chi connectivity index (χ3v) is 16.2. The molecule has 0 saturated carbocycles. The minimum atomic E-state index is -0.693. The van der Waals surface area contributed by atoms with Crippen molar-refractivity contribution in [3.63, 3.8) is 0 Å². The average Bonchev–Trinajstić information content (AvgIpc) is 3.65. The molecule has 2 unspecified atom stereocenters.